The predicted octanol–water partition coefficient (Wildman–Crippen LogP) is 4.25. The fourth-order valence-electron chi connectivity index (χ4n) is 3.00. The number of halogens is 1. The molecule has 0 heterocycles. The number of hydrogen-bond donors (Lipinski definition) is 1. The fourth-order valence-corrected chi connectivity index (χ4v) is 3.19. The molecule has 0 fully saturated rings. The minimum Gasteiger partial charge on any atom is -0.350 e. The molecule has 2 aromatic rings. The van der Waals surface area contributed by atoms with Gasteiger partial charge in [0.05, 0.1) is 5.69 Å². The van der Waals surface area contributed by atoms with E-state index in [0.717, 1.165) is 29.7 Å². The van der Waals surface area contributed by atoms with E-state index in [9.17, 15) is 9.59 Å². The topological polar surface area (TPSA) is 49.4 Å². The first-order valence-corrected chi connectivity index (χ1v) is 9.28. The van der Waals surface area contributed by atoms with Crippen LogP contribution in [-0.4, -0.2) is 24.9 Å². The van der Waals surface area contributed by atoms with Gasteiger partial charge in [0.1, 0.15) is 0 Å². The van der Waals surface area contributed by atoms with Gasteiger partial charge in [-0.1, -0.05) is 49.7 Å². The second kappa shape index (κ2) is 9.39. The molecule has 0 saturated carbocycles. The number of carbonyl (C=O) groups excluding carboxylic acids is 2. The minimum absolute atomic E-state index is 0.0300. The van der Waals surface area contributed by atoms with Gasteiger partial charge in [0, 0.05) is 30.6 Å². The highest BCUT2D eigenvalue weighted by molar-refractivity contribution is 6.30. The zero-order valence-electron chi connectivity index (χ0n) is 15.5. The molecular formula is C21H25ClN2O2. The van der Waals surface area contributed by atoms with Gasteiger partial charge in [-0.2, -0.15) is 0 Å². The van der Waals surface area contributed by atoms with Crippen LogP contribution in [0.25, 0.3) is 0 Å². The predicted molar refractivity (Wildman–Crippen MR) is 107 cm³/mol. The quantitative estimate of drug-likeness (QED) is 0.789. The number of rotatable bonds is 7. The number of carbonyl (C=O) groups is 2. The Hall–Kier alpha value is -2.33. The minimum atomic E-state index is -0.199. The van der Waals surface area contributed by atoms with Crippen molar-refractivity contribution >= 4 is 29.1 Å². The van der Waals surface area contributed by atoms with Crippen LogP contribution in [0.15, 0.2) is 42.5 Å². The van der Waals surface area contributed by atoms with Crippen LogP contribution >= 0.6 is 11.6 Å². The third kappa shape index (κ3) is 4.85. The number of nitrogens with one attached hydrogen (secondary N) is 1. The summed E-state index contributed by atoms with van der Waals surface area (Å²) in [6.45, 7) is 6.51. The Labute approximate surface area is 160 Å². The van der Waals surface area contributed by atoms with Crippen molar-refractivity contribution in [3.05, 3.63) is 64.2 Å². The maximum absolute atomic E-state index is 12.3. The third-order valence-electron chi connectivity index (χ3n) is 4.32. The summed E-state index contributed by atoms with van der Waals surface area (Å²) in [5.41, 5.74) is 3.76. The number of benzene rings is 2. The number of hydrogen-bond acceptors (Lipinski definition) is 2. The van der Waals surface area contributed by atoms with Gasteiger partial charge in [0.25, 0.3) is 5.91 Å². The van der Waals surface area contributed by atoms with Gasteiger partial charge in [0.2, 0.25) is 5.91 Å². The molecule has 1 N–H and O–H groups in total. The normalized spacial score (nSPS) is 10.5. The first-order chi connectivity index (χ1) is 12.5. The molecule has 0 radical (unpaired) electrons. The van der Waals surface area contributed by atoms with E-state index in [1.807, 2.05) is 6.07 Å². The maximum Gasteiger partial charge on any atom is 0.251 e. The molecule has 26 heavy (non-hydrogen) atoms. The van der Waals surface area contributed by atoms with Crippen molar-refractivity contribution in [1.82, 2.24) is 5.32 Å². The van der Waals surface area contributed by atoms with E-state index in [1.54, 1.807) is 36.1 Å². The molecule has 4 nitrogen and oxygen atoms in total. The van der Waals surface area contributed by atoms with Crippen LogP contribution in [0, 0.1) is 0 Å². The highest BCUT2D eigenvalue weighted by atomic mass is 35.5. The van der Waals surface area contributed by atoms with Crippen LogP contribution < -0.4 is 10.2 Å². The highest BCUT2D eigenvalue weighted by Crippen LogP contribution is 2.27. The van der Waals surface area contributed by atoms with Crippen LogP contribution in [0.3, 0.4) is 0 Å². The van der Waals surface area contributed by atoms with Crippen LogP contribution in [-0.2, 0) is 17.6 Å². The molecule has 0 spiro atoms. The van der Waals surface area contributed by atoms with Gasteiger partial charge < -0.3 is 10.2 Å². The lowest BCUT2D eigenvalue weighted by atomic mass is 10.0. The number of amides is 2. The molecule has 0 aliphatic carbocycles. The van der Waals surface area contributed by atoms with Gasteiger partial charge in [0.15, 0.2) is 0 Å². The Morgan fingerprint density at radius 3 is 2.19 bits per heavy atom. The van der Waals surface area contributed by atoms with Crippen molar-refractivity contribution in [3.8, 4) is 0 Å². The Morgan fingerprint density at radius 1 is 1.04 bits per heavy atom. The Bertz CT molecular complexity index is 767. The molecule has 5 heteroatoms. The smallest absolute Gasteiger partial charge is 0.251 e. The number of nitrogens with zero attached hydrogens (tertiary/aromatic N) is 1. The van der Waals surface area contributed by atoms with E-state index in [1.165, 1.54) is 0 Å². The molecule has 0 bridgehead atoms. The summed E-state index contributed by atoms with van der Waals surface area (Å²) < 4.78 is 0. The van der Waals surface area contributed by atoms with Crippen LogP contribution in [0.5, 0.6) is 0 Å². The monoisotopic (exact) mass is 372 g/mol. The number of anilines is 1. The Balaban J connectivity index is 2.13. The average molecular weight is 373 g/mol. The average Bonchev–Trinajstić information content (AvgIpc) is 2.64. The molecule has 0 unspecified atom stereocenters. The van der Waals surface area contributed by atoms with E-state index >= 15 is 0 Å². The summed E-state index contributed by atoms with van der Waals surface area (Å²) >= 11 is 5.93. The van der Waals surface area contributed by atoms with Crippen LogP contribution in [0.4, 0.5) is 5.69 Å². The summed E-state index contributed by atoms with van der Waals surface area (Å²) in [6, 6.07) is 12.9. The van der Waals surface area contributed by atoms with Crippen molar-refractivity contribution in [2.45, 2.75) is 33.6 Å². The van der Waals surface area contributed by atoms with E-state index in [2.05, 4.69) is 31.3 Å². The largest absolute Gasteiger partial charge is 0.350 e. The van der Waals surface area contributed by atoms with Crippen molar-refractivity contribution < 1.29 is 9.59 Å². The van der Waals surface area contributed by atoms with Gasteiger partial charge in [-0.05, 0) is 42.2 Å². The summed E-state index contributed by atoms with van der Waals surface area (Å²) in [7, 11) is 0. The molecule has 2 rings (SSSR count). The zero-order valence-corrected chi connectivity index (χ0v) is 16.3. The van der Waals surface area contributed by atoms with Gasteiger partial charge >= 0.3 is 0 Å². The van der Waals surface area contributed by atoms with Gasteiger partial charge in [-0.15, -0.1) is 0 Å². The van der Waals surface area contributed by atoms with Crippen molar-refractivity contribution in [2.24, 2.45) is 0 Å². The summed E-state index contributed by atoms with van der Waals surface area (Å²) in [5, 5.41) is 3.39. The van der Waals surface area contributed by atoms with E-state index in [0.29, 0.717) is 23.7 Å². The molecule has 0 aliphatic rings. The SMILES string of the molecule is CCc1cccc(CC)c1N(CCNC(=O)c1cccc(Cl)c1)C(C)=O. The molecule has 2 aromatic carbocycles. The van der Waals surface area contributed by atoms with Crippen LogP contribution in [0.1, 0.15) is 42.3 Å². The fraction of sp³-hybridized carbons (Fsp3) is 0.333. The van der Waals surface area contributed by atoms with Gasteiger partial charge in [-0.3, -0.25) is 9.59 Å². The number of para-hydroxylation sites is 1. The first kappa shape index (κ1) is 20.0. The molecule has 138 valence electrons. The maximum atomic E-state index is 12.3. The van der Waals surface area contributed by atoms with Crippen molar-refractivity contribution in [2.75, 3.05) is 18.0 Å². The second-order valence-electron chi connectivity index (χ2n) is 6.07. The van der Waals surface area contributed by atoms with E-state index in [-0.39, 0.29) is 11.8 Å². The summed E-state index contributed by atoms with van der Waals surface area (Å²) in [4.78, 5) is 26.3. The Kier molecular flexibility index (Phi) is 7.22. The van der Waals surface area contributed by atoms with Crippen LogP contribution in [0.2, 0.25) is 5.02 Å². The molecule has 2 amide bonds. The van der Waals surface area contributed by atoms with Gasteiger partial charge in [-0.25, -0.2) is 0 Å². The molecular weight excluding hydrogens is 348 g/mol. The van der Waals surface area contributed by atoms with Crippen molar-refractivity contribution in [3.63, 3.8) is 0 Å². The zero-order chi connectivity index (χ0) is 19.1. The highest BCUT2D eigenvalue weighted by Gasteiger charge is 2.18. The summed E-state index contributed by atoms with van der Waals surface area (Å²) in [6.07, 6.45) is 1.70. The molecule has 0 aromatic heterocycles. The molecule has 0 atom stereocenters. The van der Waals surface area contributed by atoms with E-state index in [4.69, 9.17) is 11.6 Å². The lowest BCUT2D eigenvalue weighted by Crippen LogP contribution is -2.38. The van der Waals surface area contributed by atoms with E-state index < -0.39 is 0 Å². The standard InChI is InChI=1S/C21H25ClN2O2/c1-4-16-8-6-9-17(5-2)20(16)24(15(3)25)13-12-23-21(26)18-10-7-11-19(22)14-18/h6-11,14H,4-5,12-13H2,1-3H3,(H,23,26). The Morgan fingerprint density at radius 2 is 1.65 bits per heavy atom. The third-order valence-corrected chi connectivity index (χ3v) is 4.56. The van der Waals surface area contributed by atoms with Crippen molar-refractivity contribution in [1.29, 1.82) is 0 Å². The second-order valence-corrected chi connectivity index (χ2v) is 6.51. The number of aryl methyl sites for hydroxylation is 2. The first-order valence-electron chi connectivity index (χ1n) is 8.90. The molecule has 0 aliphatic heterocycles. The summed E-state index contributed by atoms with van der Waals surface area (Å²) in [5.74, 6) is -0.229. The lowest BCUT2D eigenvalue weighted by Gasteiger charge is -2.26. The molecule has 0 saturated heterocycles. The lowest BCUT2D eigenvalue weighted by molar-refractivity contribution is -0.116.